The van der Waals surface area contributed by atoms with E-state index in [9.17, 15) is 19.5 Å². The van der Waals surface area contributed by atoms with Gasteiger partial charge in [-0.05, 0) is 5.56 Å². The van der Waals surface area contributed by atoms with Crippen LogP contribution in [0.25, 0.3) is 0 Å². The van der Waals surface area contributed by atoms with Crippen LogP contribution in [0.1, 0.15) is 12.0 Å². The first-order valence-electron chi connectivity index (χ1n) is 7.99. The Morgan fingerprint density at radius 1 is 1.25 bits per heavy atom. The van der Waals surface area contributed by atoms with Gasteiger partial charge in [0.1, 0.15) is 0 Å². The van der Waals surface area contributed by atoms with E-state index in [2.05, 4.69) is 0 Å². The zero-order chi connectivity index (χ0) is 17.1. The third kappa shape index (κ3) is 3.41. The molecule has 1 aromatic rings. The summed E-state index contributed by atoms with van der Waals surface area (Å²) in [5.74, 6) is -1.90. The van der Waals surface area contributed by atoms with Crippen LogP contribution < -0.4 is 0 Å². The summed E-state index contributed by atoms with van der Waals surface area (Å²) < 4.78 is 5.16. The topological polar surface area (TPSA) is 87.1 Å². The molecular weight excluding hydrogens is 312 g/mol. The lowest BCUT2D eigenvalue weighted by molar-refractivity contribution is -0.160. The quantitative estimate of drug-likeness (QED) is 0.859. The molecule has 0 bridgehead atoms. The van der Waals surface area contributed by atoms with Crippen molar-refractivity contribution in [2.24, 2.45) is 5.92 Å². The van der Waals surface area contributed by atoms with Crippen molar-refractivity contribution in [2.45, 2.75) is 19.0 Å². The minimum absolute atomic E-state index is 0.00449. The maximum atomic E-state index is 12.7. The Kier molecular flexibility index (Phi) is 4.80. The summed E-state index contributed by atoms with van der Waals surface area (Å²) >= 11 is 0. The second kappa shape index (κ2) is 7.00. The third-order valence-corrected chi connectivity index (χ3v) is 4.48. The maximum absolute atomic E-state index is 12.7. The molecule has 0 saturated carbocycles. The number of carbonyl (C=O) groups excluding carboxylic acids is 2. The van der Waals surface area contributed by atoms with Gasteiger partial charge in [-0.15, -0.1) is 0 Å². The number of ether oxygens (including phenoxy) is 1. The Balaban J connectivity index is 1.66. The fourth-order valence-electron chi connectivity index (χ4n) is 3.20. The van der Waals surface area contributed by atoms with Crippen molar-refractivity contribution in [3.05, 3.63) is 35.9 Å². The fourth-order valence-corrected chi connectivity index (χ4v) is 3.20. The summed E-state index contributed by atoms with van der Waals surface area (Å²) in [5.41, 5.74) is 1.01. The molecule has 1 N–H and O–H groups in total. The van der Waals surface area contributed by atoms with Crippen LogP contribution in [0, 0.1) is 5.92 Å². The molecule has 2 atom stereocenters. The minimum atomic E-state index is -1.08. The molecular formula is C17H20N2O5. The van der Waals surface area contributed by atoms with Gasteiger partial charge in [0.15, 0.2) is 6.04 Å². The van der Waals surface area contributed by atoms with Gasteiger partial charge in [-0.3, -0.25) is 9.59 Å². The summed E-state index contributed by atoms with van der Waals surface area (Å²) in [4.78, 5) is 39.2. The van der Waals surface area contributed by atoms with E-state index in [0.29, 0.717) is 19.7 Å². The SMILES string of the molecule is O=C(O)[C@@H]1COCCN1C(=O)[C@H]1CC(=O)N(Cc2ccccc2)C1. The minimum Gasteiger partial charge on any atom is -0.480 e. The molecule has 2 aliphatic heterocycles. The summed E-state index contributed by atoms with van der Waals surface area (Å²) in [5, 5.41) is 9.25. The van der Waals surface area contributed by atoms with Crippen LogP contribution in [-0.2, 0) is 25.7 Å². The van der Waals surface area contributed by atoms with Gasteiger partial charge in [0.2, 0.25) is 11.8 Å². The van der Waals surface area contributed by atoms with Gasteiger partial charge >= 0.3 is 5.97 Å². The summed E-state index contributed by atoms with van der Waals surface area (Å²) in [7, 11) is 0. The molecule has 1 aromatic carbocycles. The van der Waals surface area contributed by atoms with Gasteiger partial charge in [-0.2, -0.15) is 0 Å². The van der Waals surface area contributed by atoms with E-state index in [1.165, 1.54) is 4.90 Å². The van der Waals surface area contributed by atoms with Crippen molar-refractivity contribution in [1.82, 2.24) is 9.80 Å². The van der Waals surface area contributed by atoms with Crippen LogP contribution in [0.5, 0.6) is 0 Å². The lowest BCUT2D eigenvalue weighted by atomic mass is 10.1. The zero-order valence-corrected chi connectivity index (χ0v) is 13.3. The number of carbonyl (C=O) groups is 3. The van der Waals surface area contributed by atoms with Crippen LogP contribution >= 0.6 is 0 Å². The molecule has 128 valence electrons. The average Bonchev–Trinajstić information content (AvgIpc) is 2.96. The molecule has 7 nitrogen and oxygen atoms in total. The molecule has 2 saturated heterocycles. The molecule has 0 spiro atoms. The van der Waals surface area contributed by atoms with Gasteiger partial charge in [0.25, 0.3) is 0 Å². The fraction of sp³-hybridized carbons (Fsp3) is 0.471. The molecule has 2 aliphatic rings. The Morgan fingerprint density at radius 2 is 2.00 bits per heavy atom. The van der Waals surface area contributed by atoms with Crippen LogP contribution in [0.3, 0.4) is 0 Å². The summed E-state index contributed by atoms with van der Waals surface area (Å²) in [6.07, 6.45) is 0.134. The normalized spacial score (nSPS) is 24.2. The van der Waals surface area contributed by atoms with Crippen LogP contribution in [0.4, 0.5) is 0 Å². The average molecular weight is 332 g/mol. The molecule has 2 fully saturated rings. The predicted octanol–water partition coefficient (Wildman–Crippen LogP) is 0.347. The van der Waals surface area contributed by atoms with E-state index in [1.807, 2.05) is 30.3 Å². The number of likely N-dealkylation sites (tertiary alicyclic amines) is 1. The Hall–Kier alpha value is -2.41. The van der Waals surface area contributed by atoms with Gasteiger partial charge < -0.3 is 19.6 Å². The maximum Gasteiger partial charge on any atom is 0.328 e. The van der Waals surface area contributed by atoms with Crippen LogP contribution in [0.15, 0.2) is 30.3 Å². The number of nitrogens with zero attached hydrogens (tertiary/aromatic N) is 2. The first-order valence-corrected chi connectivity index (χ1v) is 7.99. The molecule has 3 rings (SSSR count). The number of hydrogen-bond donors (Lipinski definition) is 1. The lowest BCUT2D eigenvalue weighted by Gasteiger charge is -2.34. The highest BCUT2D eigenvalue weighted by atomic mass is 16.5. The second-order valence-electron chi connectivity index (χ2n) is 6.12. The van der Waals surface area contributed by atoms with E-state index in [0.717, 1.165) is 5.56 Å². The predicted molar refractivity (Wildman–Crippen MR) is 83.9 cm³/mol. The number of morpholine rings is 1. The largest absolute Gasteiger partial charge is 0.480 e. The smallest absolute Gasteiger partial charge is 0.328 e. The number of aliphatic carboxylic acids is 1. The number of carboxylic acid groups (broad SMARTS) is 1. The van der Waals surface area contributed by atoms with Gasteiger partial charge in [-0.25, -0.2) is 4.79 Å². The molecule has 2 amide bonds. The van der Waals surface area contributed by atoms with E-state index in [-0.39, 0.29) is 31.4 Å². The number of rotatable bonds is 4. The standard InChI is InChI=1S/C17H20N2O5/c20-15-8-13(10-18(15)9-12-4-2-1-3-5-12)16(21)19-6-7-24-11-14(19)17(22)23/h1-5,13-14H,6-11H2,(H,22,23)/t13-,14-/m0/s1. The van der Waals surface area contributed by atoms with Crippen molar-refractivity contribution in [2.75, 3.05) is 26.3 Å². The number of benzene rings is 1. The molecule has 2 heterocycles. The molecule has 0 aliphatic carbocycles. The van der Waals surface area contributed by atoms with E-state index in [4.69, 9.17) is 4.74 Å². The first-order chi connectivity index (χ1) is 11.6. The Labute approximate surface area is 139 Å². The number of carboxylic acids is 1. The van der Waals surface area contributed by atoms with Crippen molar-refractivity contribution >= 4 is 17.8 Å². The Morgan fingerprint density at radius 3 is 2.71 bits per heavy atom. The van der Waals surface area contributed by atoms with Crippen molar-refractivity contribution in [3.63, 3.8) is 0 Å². The molecule has 24 heavy (non-hydrogen) atoms. The molecule has 0 radical (unpaired) electrons. The number of amides is 2. The van der Waals surface area contributed by atoms with Gasteiger partial charge in [0.05, 0.1) is 19.1 Å². The second-order valence-corrected chi connectivity index (χ2v) is 6.12. The summed E-state index contributed by atoms with van der Waals surface area (Å²) in [6, 6.07) is 8.62. The van der Waals surface area contributed by atoms with Crippen molar-refractivity contribution in [3.8, 4) is 0 Å². The Bertz CT molecular complexity index is 633. The van der Waals surface area contributed by atoms with Crippen LogP contribution in [0.2, 0.25) is 0 Å². The molecule has 0 aromatic heterocycles. The zero-order valence-electron chi connectivity index (χ0n) is 13.3. The monoisotopic (exact) mass is 332 g/mol. The molecule has 7 heteroatoms. The van der Waals surface area contributed by atoms with Gasteiger partial charge in [-0.1, -0.05) is 30.3 Å². The molecule has 0 unspecified atom stereocenters. The van der Waals surface area contributed by atoms with E-state index in [1.54, 1.807) is 4.90 Å². The van der Waals surface area contributed by atoms with Gasteiger partial charge in [0, 0.05) is 26.1 Å². The van der Waals surface area contributed by atoms with Crippen molar-refractivity contribution in [1.29, 1.82) is 0 Å². The summed E-state index contributed by atoms with van der Waals surface area (Å²) in [6.45, 7) is 1.36. The highest BCUT2D eigenvalue weighted by Crippen LogP contribution is 2.24. The lowest BCUT2D eigenvalue weighted by Crippen LogP contribution is -2.54. The van der Waals surface area contributed by atoms with E-state index >= 15 is 0 Å². The van der Waals surface area contributed by atoms with Crippen LogP contribution in [-0.4, -0.2) is 65.0 Å². The highest BCUT2D eigenvalue weighted by Gasteiger charge is 2.41. The number of hydrogen-bond acceptors (Lipinski definition) is 4. The highest BCUT2D eigenvalue weighted by molar-refractivity contribution is 5.91. The third-order valence-electron chi connectivity index (χ3n) is 4.48. The van der Waals surface area contributed by atoms with Crippen molar-refractivity contribution < 1.29 is 24.2 Å². The van der Waals surface area contributed by atoms with E-state index < -0.39 is 17.9 Å². The first kappa shape index (κ1) is 16.4.